The molecule has 0 saturated carbocycles. The molecule has 0 spiro atoms. The first-order valence-corrected chi connectivity index (χ1v) is 5.71. The van der Waals surface area contributed by atoms with Gasteiger partial charge in [0.05, 0.1) is 6.20 Å². The Morgan fingerprint density at radius 1 is 1.40 bits per heavy atom. The van der Waals surface area contributed by atoms with Crippen LogP contribution in [0.2, 0.25) is 0 Å². The summed E-state index contributed by atoms with van der Waals surface area (Å²) in [7, 11) is 1.39. The predicted molar refractivity (Wildman–Crippen MR) is 68.8 cm³/mol. The molecular weight excluding hydrogens is 264 g/mol. The number of aromatic nitrogens is 5. The van der Waals surface area contributed by atoms with Crippen LogP contribution in [0.25, 0.3) is 16.7 Å². The monoisotopic (exact) mass is 274 g/mol. The third kappa shape index (κ3) is 1.89. The maximum Gasteiger partial charge on any atom is 0.299 e. The Morgan fingerprint density at radius 3 is 3.05 bits per heavy atom. The van der Waals surface area contributed by atoms with Crippen LogP contribution in [-0.2, 0) is 9.53 Å². The van der Waals surface area contributed by atoms with Gasteiger partial charge in [0, 0.05) is 19.4 Å². The first-order chi connectivity index (χ1) is 9.70. The number of rotatable bonds is 3. The Morgan fingerprint density at radius 2 is 2.25 bits per heavy atom. The van der Waals surface area contributed by atoms with Gasteiger partial charge in [-0.1, -0.05) is 0 Å². The van der Waals surface area contributed by atoms with Crippen molar-refractivity contribution in [3.05, 3.63) is 34.9 Å². The molecule has 0 saturated heterocycles. The number of carbonyl (C=O) groups excluding carboxylic acids is 1. The second-order valence-corrected chi connectivity index (χ2v) is 3.99. The van der Waals surface area contributed by atoms with E-state index in [0.717, 1.165) is 4.68 Å². The Balaban J connectivity index is 2.13. The third-order valence-electron chi connectivity index (χ3n) is 2.67. The molecule has 0 aliphatic rings. The van der Waals surface area contributed by atoms with Crippen LogP contribution in [0.3, 0.4) is 0 Å². The first-order valence-electron chi connectivity index (χ1n) is 5.71. The summed E-state index contributed by atoms with van der Waals surface area (Å²) in [4.78, 5) is 23.6. The van der Waals surface area contributed by atoms with Gasteiger partial charge in [0.2, 0.25) is 0 Å². The van der Waals surface area contributed by atoms with Crippen LogP contribution in [-0.4, -0.2) is 44.1 Å². The number of ether oxygens (including phenoxy) is 1. The topological polar surface area (TPSA) is 103 Å². The van der Waals surface area contributed by atoms with E-state index in [1.807, 2.05) is 0 Å². The fourth-order valence-electron chi connectivity index (χ4n) is 1.83. The molecule has 0 aromatic carbocycles. The molecule has 0 aliphatic heterocycles. The fourth-order valence-corrected chi connectivity index (χ4v) is 1.83. The van der Waals surface area contributed by atoms with Crippen molar-refractivity contribution in [2.24, 2.45) is 0 Å². The molecule has 0 bridgehead atoms. The summed E-state index contributed by atoms with van der Waals surface area (Å²) >= 11 is 0. The quantitative estimate of drug-likeness (QED) is 0.667. The molecule has 0 aliphatic carbocycles. The highest BCUT2D eigenvalue weighted by Crippen LogP contribution is 2.07. The van der Waals surface area contributed by atoms with Gasteiger partial charge in [-0.05, 0) is 6.07 Å². The minimum absolute atomic E-state index is 0.112. The standard InChI is InChI=1S/C11H10N6O3/c1-20-6-9(18)15-16-5-3-7-10(11(16)19)14-13-8-2-4-12-17(7)8/h2-5H,6H2,1H3,(H,15,18). The number of nitrogens with zero attached hydrogens (tertiary/aromatic N) is 5. The van der Waals surface area contributed by atoms with Crippen molar-refractivity contribution >= 4 is 22.6 Å². The number of hydrogen-bond acceptors (Lipinski definition) is 6. The lowest BCUT2D eigenvalue weighted by Gasteiger charge is -2.08. The smallest absolute Gasteiger partial charge is 0.299 e. The predicted octanol–water partition coefficient (Wildman–Crippen LogP) is -0.844. The van der Waals surface area contributed by atoms with E-state index in [2.05, 4.69) is 25.5 Å². The van der Waals surface area contributed by atoms with Crippen LogP contribution < -0.4 is 11.0 Å². The minimum atomic E-state index is -0.489. The normalized spacial score (nSPS) is 11.1. The number of methoxy groups -OCH3 is 1. The average molecular weight is 274 g/mol. The number of hydrogen-bond donors (Lipinski definition) is 1. The van der Waals surface area contributed by atoms with E-state index in [9.17, 15) is 9.59 Å². The molecule has 102 valence electrons. The van der Waals surface area contributed by atoms with Gasteiger partial charge in [-0.25, -0.2) is 9.19 Å². The van der Waals surface area contributed by atoms with Gasteiger partial charge >= 0.3 is 0 Å². The summed E-state index contributed by atoms with van der Waals surface area (Å²) in [6, 6.07) is 3.30. The lowest BCUT2D eigenvalue weighted by Crippen LogP contribution is -2.35. The van der Waals surface area contributed by atoms with Gasteiger partial charge in [-0.15, -0.1) is 10.2 Å². The molecule has 0 unspecified atom stereocenters. The number of pyridine rings is 1. The van der Waals surface area contributed by atoms with Crippen LogP contribution >= 0.6 is 0 Å². The molecule has 3 rings (SSSR count). The summed E-state index contributed by atoms with van der Waals surface area (Å²) in [5.41, 5.74) is 3.07. The van der Waals surface area contributed by atoms with Crippen molar-refractivity contribution in [1.29, 1.82) is 0 Å². The minimum Gasteiger partial charge on any atom is -0.375 e. The maximum atomic E-state index is 12.2. The maximum absolute atomic E-state index is 12.2. The summed E-state index contributed by atoms with van der Waals surface area (Å²) in [5.74, 6) is -0.443. The van der Waals surface area contributed by atoms with E-state index in [1.54, 1.807) is 18.3 Å². The van der Waals surface area contributed by atoms with Gasteiger partial charge in [0.1, 0.15) is 12.1 Å². The van der Waals surface area contributed by atoms with Gasteiger partial charge in [-0.2, -0.15) is 5.10 Å². The molecule has 9 heteroatoms. The zero-order valence-electron chi connectivity index (χ0n) is 10.5. The molecular formula is C11H10N6O3. The van der Waals surface area contributed by atoms with Gasteiger partial charge < -0.3 is 4.74 Å². The zero-order valence-corrected chi connectivity index (χ0v) is 10.5. The average Bonchev–Trinajstić information content (AvgIpc) is 2.90. The first kappa shape index (κ1) is 12.2. The van der Waals surface area contributed by atoms with Crippen molar-refractivity contribution in [2.75, 3.05) is 19.1 Å². The lowest BCUT2D eigenvalue weighted by atomic mass is 10.4. The molecule has 1 N–H and O–H groups in total. The Bertz CT molecular complexity index is 852. The van der Waals surface area contributed by atoms with E-state index in [-0.39, 0.29) is 12.1 Å². The van der Waals surface area contributed by atoms with Crippen molar-refractivity contribution in [3.8, 4) is 0 Å². The number of fused-ring (bicyclic) bond motifs is 3. The van der Waals surface area contributed by atoms with Crippen LogP contribution in [0, 0.1) is 0 Å². The molecule has 20 heavy (non-hydrogen) atoms. The van der Waals surface area contributed by atoms with E-state index in [0.29, 0.717) is 11.2 Å². The molecule has 0 atom stereocenters. The summed E-state index contributed by atoms with van der Waals surface area (Å²) in [6.07, 6.45) is 3.00. The molecule has 0 fully saturated rings. The van der Waals surface area contributed by atoms with Crippen molar-refractivity contribution in [2.45, 2.75) is 0 Å². The van der Waals surface area contributed by atoms with E-state index < -0.39 is 11.5 Å². The molecule has 0 radical (unpaired) electrons. The molecule has 3 aromatic rings. The van der Waals surface area contributed by atoms with Crippen molar-refractivity contribution in [3.63, 3.8) is 0 Å². The van der Waals surface area contributed by atoms with Gasteiger partial charge in [-0.3, -0.25) is 15.0 Å². The number of amides is 1. The van der Waals surface area contributed by atoms with Gasteiger partial charge in [0.15, 0.2) is 11.2 Å². The van der Waals surface area contributed by atoms with Gasteiger partial charge in [0.25, 0.3) is 11.5 Å². The van der Waals surface area contributed by atoms with E-state index >= 15 is 0 Å². The summed E-state index contributed by atoms with van der Waals surface area (Å²) in [5, 5.41) is 11.8. The SMILES string of the molecule is COCC(=O)Nn1ccc2c(nnc3ccnn32)c1=O. The molecule has 3 aromatic heterocycles. The largest absolute Gasteiger partial charge is 0.375 e. The summed E-state index contributed by atoms with van der Waals surface area (Å²) in [6.45, 7) is -0.144. The van der Waals surface area contributed by atoms with Crippen molar-refractivity contribution < 1.29 is 9.53 Å². The zero-order chi connectivity index (χ0) is 14.1. The number of nitrogens with one attached hydrogen (secondary N) is 1. The van der Waals surface area contributed by atoms with Crippen LogP contribution in [0.5, 0.6) is 0 Å². The Kier molecular flexibility index (Phi) is 2.88. The molecule has 1 amide bonds. The third-order valence-corrected chi connectivity index (χ3v) is 2.67. The van der Waals surface area contributed by atoms with E-state index in [1.165, 1.54) is 17.8 Å². The van der Waals surface area contributed by atoms with Crippen LogP contribution in [0.4, 0.5) is 0 Å². The highest BCUT2D eigenvalue weighted by molar-refractivity contribution is 5.85. The highest BCUT2D eigenvalue weighted by Gasteiger charge is 2.10. The second kappa shape index (κ2) is 4.70. The fraction of sp³-hybridized carbons (Fsp3) is 0.182. The second-order valence-electron chi connectivity index (χ2n) is 3.99. The van der Waals surface area contributed by atoms with Crippen LogP contribution in [0.15, 0.2) is 29.3 Å². The van der Waals surface area contributed by atoms with Crippen LogP contribution in [0.1, 0.15) is 0 Å². The number of carbonyl (C=O) groups is 1. The molecule has 9 nitrogen and oxygen atoms in total. The Hall–Kier alpha value is -2.81. The van der Waals surface area contributed by atoms with E-state index in [4.69, 9.17) is 0 Å². The van der Waals surface area contributed by atoms with Crippen molar-refractivity contribution in [1.82, 2.24) is 24.5 Å². The summed E-state index contributed by atoms with van der Waals surface area (Å²) < 4.78 is 7.22. The highest BCUT2D eigenvalue weighted by atomic mass is 16.5. The molecule has 3 heterocycles. The Labute approximate surface area is 111 Å². The lowest BCUT2D eigenvalue weighted by molar-refractivity contribution is -0.120.